The first-order valence-electron chi connectivity index (χ1n) is 9.51. The van der Waals surface area contributed by atoms with E-state index in [9.17, 15) is 4.79 Å². The highest BCUT2D eigenvalue weighted by Crippen LogP contribution is 2.32. The largest absolute Gasteiger partial charge is 0.371 e. The number of hydrogen-bond donors (Lipinski definition) is 0. The third-order valence-electron chi connectivity index (χ3n) is 5.83. The number of nitrogens with zero attached hydrogens (tertiary/aromatic N) is 5. The van der Waals surface area contributed by atoms with Crippen molar-refractivity contribution in [1.29, 1.82) is 0 Å². The minimum Gasteiger partial charge on any atom is -0.371 e. The Morgan fingerprint density at radius 3 is 2.56 bits per heavy atom. The minimum atomic E-state index is 0.109. The molecule has 0 saturated carbocycles. The molecule has 4 aliphatic heterocycles. The number of halogens is 1. The average Bonchev–Trinajstić information content (AvgIpc) is 3.13. The first-order valence-corrected chi connectivity index (χ1v) is 9.89. The van der Waals surface area contributed by atoms with Crippen LogP contribution in [0.2, 0.25) is 5.02 Å². The Morgan fingerprint density at radius 2 is 1.89 bits per heavy atom. The van der Waals surface area contributed by atoms with E-state index in [2.05, 4.69) is 15.0 Å². The van der Waals surface area contributed by atoms with Gasteiger partial charge in [0.25, 0.3) is 0 Å². The van der Waals surface area contributed by atoms with E-state index in [-0.39, 0.29) is 18.1 Å². The SMILES string of the molecule is O=C(C1CCN(c2cnccc2-n2cc(Cl)cn2)CC1)N1CC2CC(C1)O2. The standard InChI is InChI=1S/C19H22ClN5O2/c20-14-8-22-25(10-14)17-1-4-21-9-18(17)23-5-2-13(3-6-23)19(26)24-11-15-7-16(12-24)27-15/h1,4,8-10,13,15-16H,2-3,5-7,11-12H2. The summed E-state index contributed by atoms with van der Waals surface area (Å²) < 4.78 is 7.42. The normalized spacial score (nSPS) is 25.4. The second kappa shape index (κ2) is 6.80. The molecule has 4 fully saturated rings. The number of hydrogen-bond acceptors (Lipinski definition) is 5. The zero-order valence-corrected chi connectivity index (χ0v) is 15.8. The molecule has 2 atom stereocenters. The van der Waals surface area contributed by atoms with Crippen molar-refractivity contribution >= 4 is 23.2 Å². The number of piperidine rings is 2. The molecule has 4 aliphatic rings. The van der Waals surface area contributed by atoms with Gasteiger partial charge in [-0.2, -0.15) is 5.10 Å². The van der Waals surface area contributed by atoms with Crippen molar-refractivity contribution in [3.63, 3.8) is 0 Å². The molecule has 4 saturated heterocycles. The maximum absolute atomic E-state index is 12.9. The van der Waals surface area contributed by atoms with Gasteiger partial charge in [-0.25, -0.2) is 4.68 Å². The molecule has 0 aromatic carbocycles. The van der Waals surface area contributed by atoms with Crippen molar-refractivity contribution in [2.45, 2.75) is 31.5 Å². The van der Waals surface area contributed by atoms with Gasteiger partial charge in [-0.15, -0.1) is 0 Å². The highest BCUT2D eigenvalue weighted by atomic mass is 35.5. The molecule has 0 aliphatic carbocycles. The van der Waals surface area contributed by atoms with Crippen LogP contribution in [0.15, 0.2) is 30.9 Å². The molecule has 7 nitrogen and oxygen atoms in total. The highest BCUT2D eigenvalue weighted by Gasteiger charge is 2.41. The number of carbonyl (C=O) groups is 1. The van der Waals surface area contributed by atoms with Gasteiger partial charge in [0.15, 0.2) is 0 Å². The fourth-order valence-electron chi connectivity index (χ4n) is 4.41. The number of anilines is 1. The first-order chi connectivity index (χ1) is 13.2. The summed E-state index contributed by atoms with van der Waals surface area (Å²) in [5.74, 6) is 0.413. The molecule has 1 amide bonds. The molecule has 2 aromatic rings. The lowest BCUT2D eigenvalue weighted by Crippen LogP contribution is -2.60. The van der Waals surface area contributed by atoms with Crippen LogP contribution in [0.25, 0.3) is 5.69 Å². The summed E-state index contributed by atoms with van der Waals surface area (Å²) in [6.07, 6.45) is 10.4. The molecule has 0 radical (unpaired) electrons. The van der Waals surface area contributed by atoms with Crippen LogP contribution < -0.4 is 4.90 Å². The number of pyridine rings is 1. The number of aromatic nitrogens is 3. The summed E-state index contributed by atoms with van der Waals surface area (Å²) in [4.78, 5) is 21.5. The molecule has 6 rings (SSSR count). The lowest BCUT2D eigenvalue weighted by molar-refractivity contribution is -0.190. The zero-order valence-electron chi connectivity index (χ0n) is 15.0. The van der Waals surface area contributed by atoms with E-state index in [1.807, 2.05) is 17.2 Å². The molecule has 0 spiro atoms. The van der Waals surface area contributed by atoms with Crippen LogP contribution in [0.4, 0.5) is 5.69 Å². The van der Waals surface area contributed by atoms with Gasteiger partial charge in [0, 0.05) is 50.9 Å². The van der Waals surface area contributed by atoms with Crippen molar-refractivity contribution in [1.82, 2.24) is 19.7 Å². The van der Waals surface area contributed by atoms with E-state index in [0.29, 0.717) is 10.9 Å². The maximum atomic E-state index is 12.9. The number of carbonyl (C=O) groups excluding carboxylic acids is 1. The fourth-order valence-corrected chi connectivity index (χ4v) is 4.55. The third-order valence-corrected chi connectivity index (χ3v) is 6.03. The van der Waals surface area contributed by atoms with Crippen LogP contribution in [0.1, 0.15) is 19.3 Å². The lowest BCUT2D eigenvalue weighted by Gasteiger charge is -2.48. The van der Waals surface area contributed by atoms with Gasteiger partial charge in [-0.1, -0.05) is 11.6 Å². The Hall–Kier alpha value is -2.12. The van der Waals surface area contributed by atoms with Crippen molar-refractivity contribution in [3.05, 3.63) is 35.9 Å². The molecular weight excluding hydrogens is 366 g/mol. The molecule has 6 heterocycles. The van der Waals surface area contributed by atoms with Crippen molar-refractivity contribution in [2.24, 2.45) is 5.92 Å². The molecule has 2 unspecified atom stereocenters. The molecule has 2 aromatic heterocycles. The van der Waals surface area contributed by atoms with E-state index in [1.54, 1.807) is 23.3 Å². The summed E-state index contributed by atoms with van der Waals surface area (Å²) in [5, 5.41) is 4.92. The minimum absolute atomic E-state index is 0.109. The Kier molecular flexibility index (Phi) is 4.28. The third kappa shape index (κ3) is 3.19. The van der Waals surface area contributed by atoms with Gasteiger partial charge in [0.2, 0.25) is 5.91 Å². The van der Waals surface area contributed by atoms with Crippen molar-refractivity contribution < 1.29 is 9.53 Å². The quantitative estimate of drug-likeness (QED) is 0.807. The van der Waals surface area contributed by atoms with E-state index in [1.165, 1.54) is 0 Å². The van der Waals surface area contributed by atoms with Gasteiger partial charge >= 0.3 is 0 Å². The Morgan fingerprint density at radius 1 is 1.15 bits per heavy atom. The number of morpholine rings is 1. The smallest absolute Gasteiger partial charge is 0.225 e. The van der Waals surface area contributed by atoms with Crippen LogP contribution in [0, 0.1) is 5.92 Å². The monoisotopic (exact) mass is 387 g/mol. The lowest BCUT2D eigenvalue weighted by atomic mass is 9.92. The summed E-state index contributed by atoms with van der Waals surface area (Å²) in [5.41, 5.74) is 1.98. The van der Waals surface area contributed by atoms with E-state index in [4.69, 9.17) is 16.3 Å². The van der Waals surface area contributed by atoms with E-state index >= 15 is 0 Å². The van der Waals surface area contributed by atoms with Crippen LogP contribution in [0.3, 0.4) is 0 Å². The average molecular weight is 388 g/mol. The predicted molar refractivity (Wildman–Crippen MR) is 101 cm³/mol. The summed E-state index contributed by atoms with van der Waals surface area (Å²) in [6.45, 7) is 3.20. The van der Waals surface area contributed by atoms with E-state index < -0.39 is 0 Å². The van der Waals surface area contributed by atoms with Gasteiger partial charge in [0.1, 0.15) is 0 Å². The number of fused-ring (bicyclic) bond motifs is 2. The summed E-state index contributed by atoms with van der Waals surface area (Å²) in [7, 11) is 0. The number of rotatable bonds is 3. The number of amides is 1. The fraction of sp³-hybridized carbons (Fsp3) is 0.526. The first kappa shape index (κ1) is 17.0. The van der Waals surface area contributed by atoms with Gasteiger partial charge < -0.3 is 14.5 Å². The Bertz CT molecular complexity index is 832. The second-order valence-electron chi connectivity index (χ2n) is 7.59. The summed E-state index contributed by atoms with van der Waals surface area (Å²) >= 11 is 6.03. The van der Waals surface area contributed by atoms with Crippen LogP contribution in [-0.2, 0) is 9.53 Å². The molecular formula is C19H22ClN5O2. The molecule has 0 N–H and O–H groups in total. The van der Waals surface area contributed by atoms with Crippen molar-refractivity contribution in [2.75, 3.05) is 31.1 Å². The second-order valence-corrected chi connectivity index (χ2v) is 8.02. The summed E-state index contributed by atoms with van der Waals surface area (Å²) in [6, 6.07) is 1.94. The maximum Gasteiger partial charge on any atom is 0.225 e. The van der Waals surface area contributed by atoms with Gasteiger partial charge in [-0.05, 0) is 18.9 Å². The predicted octanol–water partition coefficient (Wildman–Crippen LogP) is 2.14. The molecule has 8 heteroatoms. The highest BCUT2D eigenvalue weighted by molar-refractivity contribution is 6.30. The van der Waals surface area contributed by atoms with Crippen LogP contribution in [-0.4, -0.2) is 64.0 Å². The Labute approximate surface area is 162 Å². The van der Waals surface area contributed by atoms with Gasteiger partial charge in [-0.3, -0.25) is 9.78 Å². The Balaban J connectivity index is 1.26. The molecule has 142 valence electrons. The molecule has 27 heavy (non-hydrogen) atoms. The number of ether oxygens (including phenoxy) is 1. The van der Waals surface area contributed by atoms with Crippen LogP contribution >= 0.6 is 11.6 Å². The molecule has 2 bridgehead atoms. The van der Waals surface area contributed by atoms with E-state index in [0.717, 1.165) is 56.8 Å². The topological polar surface area (TPSA) is 63.5 Å². The van der Waals surface area contributed by atoms with Crippen molar-refractivity contribution in [3.8, 4) is 5.69 Å². The van der Waals surface area contributed by atoms with Crippen LogP contribution in [0.5, 0.6) is 0 Å². The van der Waals surface area contributed by atoms with Gasteiger partial charge in [0.05, 0.1) is 41.0 Å². The zero-order chi connectivity index (χ0) is 18.4.